The van der Waals surface area contributed by atoms with Gasteiger partial charge in [-0.15, -0.1) is 0 Å². The second-order valence-corrected chi connectivity index (χ2v) is 8.23. The summed E-state index contributed by atoms with van der Waals surface area (Å²) in [5.41, 5.74) is 1.43. The van der Waals surface area contributed by atoms with Crippen LogP contribution in [0.25, 0.3) is 0 Å². The quantitative estimate of drug-likeness (QED) is 0.724. The Balaban J connectivity index is 1.19. The molecule has 0 spiro atoms. The fraction of sp³-hybridized carbons (Fsp3) is 0.478. The molecule has 160 valence electrons. The van der Waals surface area contributed by atoms with Crippen molar-refractivity contribution in [3.63, 3.8) is 0 Å². The van der Waals surface area contributed by atoms with Crippen molar-refractivity contribution in [1.82, 2.24) is 0 Å². The summed E-state index contributed by atoms with van der Waals surface area (Å²) >= 11 is 0. The molecule has 7 nitrogen and oxygen atoms in total. The molecule has 30 heavy (non-hydrogen) atoms. The van der Waals surface area contributed by atoms with E-state index in [9.17, 15) is 10.2 Å². The van der Waals surface area contributed by atoms with Gasteiger partial charge in [-0.25, -0.2) is 0 Å². The van der Waals surface area contributed by atoms with Gasteiger partial charge in [0.05, 0.1) is 13.2 Å². The van der Waals surface area contributed by atoms with E-state index in [1.54, 1.807) is 0 Å². The molecular formula is C23H26O7. The first-order valence-electron chi connectivity index (χ1n) is 10.2. The van der Waals surface area contributed by atoms with Crippen LogP contribution in [0.4, 0.5) is 0 Å². The van der Waals surface area contributed by atoms with E-state index in [4.69, 9.17) is 23.7 Å². The molecule has 0 saturated carbocycles. The van der Waals surface area contributed by atoms with Gasteiger partial charge in [0.1, 0.15) is 36.1 Å². The first-order chi connectivity index (χ1) is 14.5. The first-order valence-corrected chi connectivity index (χ1v) is 10.2. The number of hydrogen-bond donors (Lipinski definition) is 2. The molecule has 2 aromatic carbocycles. The van der Waals surface area contributed by atoms with Gasteiger partial charge in [-0.1, -0.05) is 60.7 Å². The van der Waals surface area contributed by atoms with Gasteiger partial charge >= 0.3 is 0 Å². The molecule has 0 aromatic heterocycles. The topological polar surface area (TPSA) is 89.9 Å². The maximum atomic E-state index is 10.7. The molecule has 3 heterocycles. The van der Waals surface area contributed by atoms with Gasteiger partial charge in [0, 0.05) is 5.56 Å². The third kappa shape index (κ3) is 3.78. The van der Waals surface area contributed by atoms with E-state index in [0.29, 0.717) is 0 Å². The van der Waals surface area contributed by atoms with E-state index in [2.05, 4.69) is 0 Å². The molecule has 0 amide bonds. The average molecular weight is 414 g/mol. The Labute approximate surface area is 175 Å². The molecule has 0 unspecified atom stereocenters. The van der Waals surface area contributed by atoms with Gasteiger partial charge in [0.25, 0.3) is 0 Å². The Kier molecular flexibility index (Phi) is 5.37. The summed E-state index contributed by atoms with van der Waals surface area (Å²) < 4.78 is 29.2. The number of epoxide rings is 1. The van der Waals surface area contributed by atoms with Crippen molar-refractivity contribution in [1.29, 1.82) is 0 Å². The van der Waals surface area contributed by atoms with Crippen LogP contribution in [0.5, 0.6) is 0 Å². The molecule has 8 atom stereocenters. The second-order valence-electron chi connectivity index (χ2n) is 8.23. The zero-order chi connectivity index (χ0) is 20.7. The molecule has 5 rings (SSSR count). The Bertz CT molecular complexity index is 845. The van der Waals surface area contributed by atoms with Gasteiger partial charge in [-0.3, -0.25) is 0 Å². The number of aliphatic hydroxyl groups excluding tert-OH is 2. The minimum absolute atomic E-state index is 0.0647. The van der Waals surface area contributed by atoms with Crippen molar-refractivity contribution < 1.29 is 33.9 Å². The lowest BCUT2D eigenvalue weighted by atomic mass is 9.97. The van der Waals surface area contributed by atoms with Crippen LogP contribution in [0.1, 0.15) is 30.4 Å². The lowest BCUT2D eigenvalue weighted by Crippen LogP contribution is -2.62. The zero-order valence-electron chi connectivity index (χ0n) is 16.7. The minimum atomic E-state index is -1.24. The van der Waals surface area contributed by atoms with Crippen molar-refractivity contribution in [3.05, 3.63) is 71.8 Å². The van der Waals surface area contributed by atoms with E-state index in [0.717, 1.165) is 11.1 Å². The van der Waals surface area contributed by atoms with Crippen molar-refractivity contribution >= 4 is 0 Å². The maximum absolute atomic E-state index is 10.7. The van der Waals surface area contributed by atoms with E-state index in [1.807, 2.05) is 67.6 Å². The lowest BCUT2D eigenvalue weighted by Gasteiger charge is -2.46. The molecule has 3 saturated heterocycles. The van der Waals surface area contributed by atoms with Crippen molar-refractivity contribution in [3.8, 4) is 0 Å². The number of hydrogen-bond acceptors (Lipinski definition) is 7. The Hall–Kier alpha value is -1.84. The summed E-state index contributed by atoms with van der Waals surface area (Å²) in [5.74, 6) is 0. The van der Waals surface area contributed by atoms with Gasteiger partial charge in [0.15, 0.2) is 12.6 Å². The van der Waals surface area contributed by atoms with Crippen LogP contribution >= 0.6 is 0 Å². The largest absolute Gasteiger partial charge is 0.387 e. The Morgan fingerprint density at radius 2 is 1.60 bits per heavy atom. The maximum Gasteiger partial charge on any atom is 0.186 e. The van der Waals surface area contributed by atoms with Crippen molar-refractivity contribution in [2.24, 2.45) is 0 Å². The summed E-state index contributed by atoms with van der Waals surface area (Å²) in [5, 5.41) is 21.2. The van der Waals surface area contributed by atoms with Crippen LogP contribution < -0.4 is 0 Å². The fourth-order valence-electron chi connectivity index (χ4n) is 4.14. The van der Waals surface area contributed by atoms with Gasteiger partial charge in [-0.05, 0) is 12.5 Å². The van der Waals surface area contributed by atoms with Gasteiger partial charge in [-0.2, -0.15) is 0 Å². The molecule has 0 radical (unpaired) electrons. The van der Waals surface area contributed by atoms with Crippen LogP contribution in [0.15, 0.2) is 60.7 Å². The Morgan fingerprint density at radius 3 is 2.30 bits per heavy atom. The zero-order valence-corrected chi connectivity index (χ0v) is 16.7. The highest BCUT2D eigenvalue weighted by Gasteiger charge is 2.55. The molecule has 0 aliphatic carbocycles. The van der Waals surface area contributed by atoms with E-state index in [-0.39, 0.29) is 19.3 Å². The number of ether oxygens (including phenoxy) is 5. The van der Waals surface area contributed by atoms with Gasteiger partial charge in [0.2, 0.25) is 0 Å². The third-order valence-electron chi connectivity index (χ3n) is 5.93. The normalized spacial score (nSPS) is 40.6. The summed E-state index contributed by atoms with van der Waals surface area (Å²) in [7, 11) is 0. The Morgan fingerprint density at radius 1 is 0.933 bits per heavy atom. The smallest absolute Gasteiger partial charge is 0.186 e. The highest BCUT2D eigenvalue weighted by Crippen LogP contribution is 2.49. The third-order valence-corrected chi connectivity index (χ3v) is 5.93. The minimum Gasteiger partial charge on any atom is -0.387 e. The summed E-state index contributed by atoms with van der Waals surface area (Å²) in [6.07, 6.45) is -5.29. The van der Waals surface area contributed by atoms with Crippen LogP contribution in [0, 0.1) is 0 Å². The molecule has 3 aliphatic rings. The molecule has 3 fully saturated rings. The van der Waals surface area contributed by atoms with Crippen LogP contribution in [-0.2, 0) is 23.7 Å². The monoisotopic (exact) mass is 414 g/mol. The number of rotatable bonds is 5. The van der Waals surface area contributed by atoms with Crippen LogP contribution in [0.2, 0.25) is 0 Å². The summed E-state index contributed by atoms with van der Waals surface area (Å²) in [4.78, 5) is 0. The summed E-state index contributed by atoms with van der Waals surface area (Å²) in [6, 6.07) is 19.4. The lowest BCUT2D eigenvalue weighted by molar-refractivity contribution is -0.362. The first kappa shape index (κ1) is 20.1. The molecule has 2 N–H and O–H groups in total. The van der Waals surface area contributed by atoms with Gasteiger partial charge < -0.3 is 33.9 Å². The van der Waals surface area contributed by atoms with E-state index >= 15 is 0 Å². The molecule has 7 heteroatoms. The molecule has 2 aromatic rings. The second kappa shape index (κ2) is 8.01. The number of aliphatic hydroxyl groups is 2. The number of fused-ring (bicyclic) bond motifs is 1. The summed E-state index contributed by atoms with van der Waals surface area (Å²) in [6.45, 7) is 2.41. The SMILES string of the molecule is C[C@@]1(CO[C@@H]2O[C@@H]3CO[C@H](c4ccccc4)O[C@@H]3[C@H](O)[C@H]2O)O[C@H]1c1ccccc1. The highest BCUT2D eigenvalue weighted by atomic mass is 16.8. The van der Waals surface area contributed by atoms with Crippen molar-refractivity contribution in [2.45, 2.75) is 55.6 Å². The van der Waals surface area contributed by atoms with Crippen molar-refractivity contribution in [2.75, 3.05) is 13.2 Å². The van der Waals surface area contributed by atoms with E-state index in [1.165, 1.54) is 0 Å². The highest BCUT2D eigenvalue weighted by molar-refractivity contribution is 5.25. The van der Waals surface area contributed by atoms with E-state index < -0.39 is 42.6 Å². The predicted molar refractivity (Wildman–Crippen MR) is 105 cm³/mol. The molecular weight excluding hydrogens is 388 g/mol. The van der Waals surface area contributed by atoms with Crippen LogP contribution in [0.3, 0.4) is 0 Å². The number of benzene rings is 2. The standard InChI is InChI=1S/C23H26O7/c1-23(20(30-23)14-8-4-2-5-9-14)13-27-22-18(25)17(24)19-16(28-22)12-26-21(29-19)15-10-6-3-7-11-15/h2-11,16-22,24-25H,12-13H2,1H3/t16-,17-,18-,19+,20+,21+,22-,23+/m1/s1. The average Bonchev–Trinajstić information content (AvgIpc) is 3.48. The predicted octanol–water partition coefficient (Wildman–Crippen LogP) is 2.09. The fourth-order valence-corrected chi connectivity index (χ4v) is 4.14. The van der Waals surface area contributed by atoms with Crippen LogP contribution in [-0.4, -0.2) is 59.7 Å². The molecule has 3 aliphatic heterocycles. The molecule has 0 bridgehead atoms.